The minimum absolute atomic E-state index is 0.213. The normalized spacial score (nSPS) is 20.2. The van der Waals surface area contributed by atoms with Crippen molar-refractivity contribution in [3.05, 3.63) is 17.8 Å². The Labute approximate surface area is 137 Å². The zero-order valence-corrected chi connectivity index (χ0v) is 14.0. The third-order valence-electron chi connectivity index (χ3n) is 4.68. The highest BCUT2D eigenvalue weighted by atomic mass is 16.5. The fourth-order valence-corrected chi connectivity index (χ4v) is 3.15. The molecule has 3 rings (SSSR count). The number of nitrogens with zero attached hydrogens (tertiary/aromatic N) is 4. The predicted molar refractivity (Wildman–Crippen MR) is 87.8 cm³/mol. The summed E-state index contributed by atoms with van der Waals surface area (Å²) in [5.41, 5.74) is 1.15. The van der Waals surface area contributed by atoms with E-state index in [2.05, 4.69) is 28.2 Å². The standard InChI is InChI=1S/C17H26N4O2/c1-20-12-8-14(9-13-20)17-18-15(23-19-17)6-7-16(22)21-10-4-2-3-5-11-21/h8H,2-7,9-13H2,1H3. The van der Waals surface area contributed by atoms with Gasteiger partial charge in [-0.05, 0) is 31.9 Å². The van der Waals surface area contributed by atoms with E-state index in [9.17, 15) is 4.79 Å². The molecule has 0 aliphatic carbocycles. The van der Waals surface area contributed by atoms with Crippen molar-refractivity contribution in [3.63, 3.8) is 0 Å². The third-order valence-corrected chi connectivity index (χ3v) is 4.68. The van der Waals surface area contributed by atoms with Gasteiger partial charge in [-0.25, -0.2) is 0 Å². The van der Waals surface area contributed by atoms with Crippen molar-refractivity contribution in [2.45, 2.75) is 44.9 Å². The maximum Gasteiger partial charge on any atom is 0.227 e. The molecule has 0 radical (unpaired) electrons. The van der Waals surface area contributed by atoms with Crippen LogP contribution in [-0.4, -0.2) is 59.1 Å². The monoisotopic (exact) mass is 318 g/mol. The molecule has 1 saturated heterocycles. The molecule has 2 aliphatic heterocycles. The lowest BCUT2D eigenvalue weighted by molar-refractivity contribution is -0.131. The van der Waals surface area contributed by atoms with Gasteiger partial charge in [0.2, 0.25) is 11.8 Å². The molecule has 3 heterocycles. The molecule has 1 amide bonds. The van der Waals surface area contributed by atoms with E-state index in [0.29, 0.717) is 24.6 Å². The fourth-order valence-electron chi connectivity index (χ4n) is 3.15. The molecule has 1 aromatic heterocycles. The minimum atomic E-state index is 0.213. The summed E-state index contributed by atoms with van der Waals surface area (Å²) in [6.45, 7) is 3.73. The van der Waals surface area contributed by atoms with Crippen molar-refractivity contribution in [3.8, 4) is 0 Å². The van der Waals surface area contributed by atoms with Crippen molar-refractivity contribution in [1.82, 2.24) is 19.9 Å². The largest absolute Gasteiger partial charge is 0.343 e. The Kier molecular flexibility index (Phi) is 5.43. The van der Waals surface area contributed by atoms with E-state index < -0.39 is 0 Å². The van der Waals surface area contributed by atoms with Gasteiger partial charge in [0.1, 0.15) is 0 Å². The summed E-state index contributed by atoms with van der Waals surface area (Å²) in [6.07, 6.45) is 8.82. The van der Waals surface area contributed by atoms with Crippen LogP contribution in [0, 0.1) is 0 Å². The molecule has 0 spiro atoms. The highest BCUT2D eigenvalue weighted by Gasteiger charge is 2.18. The maximum absolute atomic E-state index is 12.3. The van der Waals surface area contributed by atoms with Crippen LogP contribution in [0.4, 0.5) is 0 Å². The number of rotatable bonds is 4. The van der Waals surface area contributed by atoms with E-state index in [1.165, 1.54) is 12.8 Å². The maximum atomic E-state index is 12.3. The first-order valence-corrected chi connectivity index (χ1v) is 8.70. The van der Waals surface area contributed by atoms with Gasteiger partial charge in [0, 0.05) is 39.0 Å². The molecule has 0 saturated carbocycles. The number of aromatic nitrogens is 2. The third kappa shape index (κ3) is 4.41. The van der Waals surface area contributed by atoms with Gasteiger partial charge >= 0.3 is 0 Å². The Balaban J connectivity index is 1.52. The molecule has 6 nitrogen and oxygen atoms in total. The van der Waals surface area contributed by atoms with E-state index in [1.807, 2.05) is 4.90 Å². The van der Waals surface area contributed by atoms with Crippen LogP contribution in [0.15, 0.2) is 10.6 Å². The minimum Gasteiger partial charge on any atom is -0.343 e. The number of likely N-dealkylation sites (tertiary alicyclic amines) is 1. The van der Waals surface area contributed by atoms with Crippen LogP contribution in [0.3, 0.4) is 0 Å². The van der Waals surface area contributed by atoms with Crippen LogP contribution in [0.1, 0.15) is 50.2 Å². The molecule has 6 heteroatoms. The number of carbonyl (C=O) groups is 1. The molecule has 126 valence electrons. The lowest BCUT2D eigenvalue weighted by Gasteiger charge is -2.20. The quantitative estimate of drug-likeness (QED) is 0.851. The van der Waals surface area contributed by atoms with Gasteiger partial charge in [-0.3, -0.25) is 4.79 Å². The Bertz CT molecular complexity index is 559. The molecule has 23 heavy (non-hydrogen) atoms. The predicted octanol–water partition coefficient (Wildman–Crippen LogP) is 2.12. The lowest BCUT2D eigenvalue weighted by Crippen LogP contribution is -2.31. The number of hydrogen-bond donors (Lipinski definition) is 0. The molecule has 1 fully saturated rings. The average molecular weight is 318 g/mol. The Morgan fingerprint density at radius 1 is 1.22 bits per heavy atom. The number of amides is 1. The molecule has 2 aliphatic rings. The van der Waals surface area contributed by atoms with Crippen LogP contribution >= 0.6 is 0 Å². The first-order valence-electron chi connectivity index (χ1n) is 8.70. The van der Waals surface area contributed by atoms with E-state index in [4.69, 9.17) is 4.52 Å². The van der Waals surface area contributed by atoms with E-state index in [0.717, 1.165) is 51.0 Å². The summed E-state index contributed by atoms with van der Waals surface area (Å²) in [7, 11) is 2.10. The van der Waals surface area contributed by atoms with Crippen molar-refractivity contribution < 1.29 is 9.32 Å². The van der Waals surface area contributed by atoms with Crippen molar-refractivity contribution in [2.75, 3.05) is 33.2 Å². The van der Waals surface area contributed by atoms with Crippen molar-refractivity contribution in [1.29, 1.82) is 0 Å². The summed E-state index contributed by atoms with van der Waals surface area (Å²) in [5.74, 6) is 1.48. The van der Waals surface area contributed by atoms with E-state index >= 15 is 0 Å². The zero-order chi connectivity index (χ0) is 16.1. The molecular weight excluding hydrogens is 292 g/mol. The summed E-state index contributed by atoms with van der Waals surface area (Å²) in [6, 6.07) is 0. The lowest BCUT2D eigenvalue weighted by atomic mass is 10.1. The van der Waals surface area contributed by atoms with Gasteiger partial charge in [-0.15, -0.1) is 0 Å². The van der Waals surface area contributed by atoms with Crippen molar-refractivity contribution >= 4 is 11.5 Å². The van der Waals surface area contributed by atoms with E-state index in [-0.39, 0.29) is 5.91 Å². The van der Waals surface area contributed by atoms with Crippen LogP contribution in [0.25, 0.3) is 5.57 Å². The van der Waals surface area contributed by atoms with Crippen molar-refractivity contribution in [2.24, 2.45) is 0 Å². The summed E-state index contributed by atoms with van der Waals surface area (Å²) in [5, 5.41) is 4.07. The number of aryl methyl sites for hydroxylation is 1. The summed E-state index contributed by atoms with van der Waals surface area (Å²) < 4.78 is 5.32. The van der Waals surface area contributed by atoms with Gasteiger partial charge in [0.15, 0.2) is 5.82 Å². The second kappa shape index (κ2) is 7.73. The molecule has 0 bridgehead atoms. The summed E-state index contributed by atoms with van der Waals surface area (Å²) in [4.78, 5) is 21.0. The van der Waals surface area contributed by atoms with Gasteiger partial charge < -0.3 is 14.3 Å². The van der Waals surface area contributed by atoms with Crippen LogP contribution < -0.4 is 0 Å². The first-order chi connectivity index (χ1) is 11.2. The highest BCUT2D eigenvalue weighted by molar-refractivity contribution is 5.76. The number of hydrogen-bond acceptors (Lipinski definition) is 5. The second-order valence-electron chi connectivity index (χ2n) is 6.55. The van der Waals surface area contributed by atoms with Crippen LogP contribution in [0.5, 0.6) is 0 Å². The Morgan fingerprint density at radius 2 is 2.00 bits per heavy atom. The topological polar surface area (TPSA) is 62.5 Å². The molecule has 0 aromatic carbocycles. The number of carbonyl (C=O) groups excluding carboxylic acids is 1. The zero-order valence-electron chi connectivity index (χ0n) is 14.0. The Morgan fingerprint density at radius 3 is 2.70 bits per heavy atom. The van der Waals surface area contributed by atoms with Gasteiger partial charge in [-0.1, -0.05) is 24.1 Å². The second-order valence-corrected chi connectivity index (χ2v) is 6.55. The first kappa shape index (κ1) is 16.2. The number of likely N-dealkylation sites (N-methyl/N-ethyl adjacent to an activating group) is 1. The molecule has 0 atom stereocenters. The molecule has 0 unspecified atom stereocenters. The highest BCUT2D eigenvalue weighted by Crippen LogP contribution is 2.19. The molecular formula is C17H26N4O2. The van der Waals surface area contributed by atoms with Gasteiger partial charge in [-0.2, -0.15) is 4.98 Å². The SMILES string of the molecule is CN1CC=C(c2noc(CCC(=O)N3CCCCCC3)n2)CC1. The smallest absolute Gasteiger partial charge is 0.227 e. The fraction of sp³-hybridized carbons (Fsp3) is 0.706. The van der Waals surface area contributed by atoms with Gasteiger partial charge in [0.05, 0.1) is 0 Å². The molecule has 0 N–H and O–H groups in total. The Hall–Kier alpha value is -1.69. The van der Waals surface area contributed by atoms with Gasteiger partial charge in [0.25, 0.3) is 0 Å². The average Bonchev–Trinajstić information content (AvgIpc) is 2.86. The van der Waals surface area contributed by atoms with Crippen LogP contribution in [-0.2, 0) is 11.2 Å². The van der Waals surface area contributed by atoms with E-state index in [1.54, 1.807) is 0 Å². The van der Waals surface area contributed by atoms with Crippen LogP contribution in [0.2, 0.25) is 0 Å². The summed E-state index contributed by atoms with van der Waals surface area (Å²) >= 11 is 0. The molecule has 1 aromatic rings.